The zero-order valence-electron chi connectivity index (χ0n) is 12.8. The van der Waals surface area contributed by atoms with Crippen molar-refractivity contribution in [2.45, 2.75) is 25.2 Å². The molecule has 2 aromatic rings. The smallest absolute Gasteiger partial charge is 0.416 e. The molecular weight excluding hydrogens is 319 g/mol. The highest BCUT2D eigenvalue weighted by Crippen LogP contribution is 2.31. The van der Waals surface area contributed by atoms with Gasteiger partial charge >= 0.3 is 6.18 Å². The van der Waals surface area contributed by atoms with Crippen LogP contribution in [0.2, 0.25) is 0 Å². The highest BCUT2D eigenvalue weighted by atomic mass is 19.4. The number of alkyl halides is 3. The first-order valence-corrected chi connectivity index (χ1v) is 7.57. The SMILES string of the molecule is [NH-]Cc1cc(-c2ccc(C(F)(F)F)cc2)nc(N2CC[C@@H](N)C2)n1. The molecule has 3 rings (SSSR count). The first-order valence-electron chi connectivity index (χ1n) is 7.57. The van der Waals surface area contributed by atoms with Crippen LogP contribution in [0.1, 0.15) is 17.7 Å². The number of hydrogen-bond acceptors (Lipinski definition) is 4. The summed E-state index contributed by atoms with van der Waals surface area (Å²) >= 11 is 0. The minimum absolute atomic E-state index is 0.0248. The molecule has 1 atom stereocenters. The van der Waals surface area contributed by atoms with Gasteiger partial charge in [-0.25, -0.2) is 9.97 Å². The molecule has 24 heavy (non-hydrogen) atoms. The number of nitrogens with two attached hydrogens (primary N) is 1. The van der Waals surface area contributed by atoms with Crippen molar-refractivity contribution < 1.29 is 13.2 Å². The van der Waals surface area contributed by atoms with Gasteiger partial charge in [0.1, 0.15) is 0 Å². The second-order valence-electron chi connectivity index (χ2n) is 5.79. The quantitative estimate of drug-likeness (QED) is 0.933. The average Bonchev–Trinajstić information content (AvgIpc) is 3.00. The first kappa shape index (κ1) is 16.7. The van der Waals surface area contributed by atoms with Gasteiger partial charge in [0.2, 0.25) is 5.95 Å². The Morgan fingerprint density at radius 2 is 1.92 bits per heavy atom. The predicted molar refractivity (Wildman–Crippen MR) is 85.3 cm³/mol. The van der Waals surface area contributed by atoms with E-state index in [4.69, 9.17) is 11.5 Å². The number of nitrogens with one attached hydrogen (secondary N) is 1. The molecule has 0 amide bonds. The number of hydrogen-bond donors (Lipinski definition) is 1. The fourth-order valence-electron chi connectivity index (χ4n) is 2.66. The average molecular weight is 336 g/mol. The first-order chi connectivity index (χ1) is 11.4. The second kappa shape index (κ2) is 6.37. The number of anilines is 1. The lowest BCUT2D eigenvalue weighted by atomic mass is 10.1. The maximum Gasteiger partial charge on any atom is 0.416 e. The molecule has 2 heterocycles. The third-order valence-electron chi connectivity index (χ3n) is 3.96. The summed E-state index contributed by atoms with van der Waals surface area (Å²) in [5.74, 6) is 0.475. The van der Waals surface area contributed by atoms with E-state index in [-0.39, 0.29) is 12.6 Å². The summed E-state index contributed by atoms with van der Waals surface area (Å²) in [6.07, 6.45) is -3.53. The Hall–Kier alpha value is -2.19. The van der Waals surface area contributed by atoms with Gasteiger partial charge in [0.15, 0.2) is 0 Å². The van der Waals surface area contributed by atoms with E-state index in [2.05, 4.69) is 9.97 Å². The van der Waals surface area contributed by atoms with Gasteiger partial charge in [-0.1, -0.05) is 12.1 Å². The van der Waals surface area contributed by atoms with Gasteiger partial charge in [-0.05, 0) is 24.6 Å². The fourth-order valence-corrected chi connectivity index (χ4v) is 2.66. The van der Waals surface area contributed by atoms with Crippen molar-refractivity contribution in [2.75, 3.05) is 18.0 Å². The van der Waals surface area contributed by atoms with Gasteiger partial charge in [0.05, 0.1) is 11.3 Å². The van der Waals surface area contributed by atoms with Gasteiger partial charge in [0, 0.05) is 30.4 Å². The van der Waals surface area contributed by atoms with Crippen LogP contribution in [0.3, 0.4) is 0 Å². The molecule has 8 heteroatoms. The van der Waals surface area contributed by atoms with Crippen molar-refractivity contribution in [3.63, 3.8) is 0 Å². The fraction of sp³-hybridized carbons (Fsp3) is 0.375. The molecule has 3 N–H and O–H groups in total. The highest BCUT2D eigenvalue weighted by Gasteiger charge is 2.30. The van der Waals surface area contributed by atoms with Crippen LogP contribution in [0, 0.1) is 0 Å². The van der Waals surface area contributed by atoms with Crippen molar-refractivity contribution in [3.8, 4) is 11.3 Å². The van der Waals surface area contributed by atoms with Crippen LogP contribution in [-0.4, -0.2) is 29.1 Å². The van der Waals surface area contributed by atoms with Crippen LogP contribution in [0.4, 0.5) is 19.1 Å². The summed E-state index contributed by atoms with van der Waals surface area (Å²) in [5, 5.41) is 0. The lowest BCUT2D eigenvalue weighted by Gasteiger charge is -2.18. The third kappa shape index (κ3) is 3.49. The Morgan fingerprint density at radius 3 is 2.46 bits per heavy atom. The number of rotatable bonds is 3. The topological polar surface area (TPSA) is 78.8 Å². The minimum atomic E-state index is -4.37. The van der Waals surface area contributed by atoms with Crippen molar-refractivity contribution in [2.24, 2.45) is 5.73 Å². The largest absolute Gasteiger partial charge is 0.672 e. The zero-order valence-corrected chi connectivity index (χ0v) is 12.8. The molecule has 0 saturated carbocycles. The van der Waals surface area contributed by atoms with Crippen LogP contribution in [0.25, 0.3) is 17.0 Å². The molecule has 1 aromatic carbocycles. The minimum Gasteiger partial charge on any atom is -0.672 e. The molecule has 128 valence electrons. The molecule has 1 saturated heterocycles. The number of halogens is 3. The summed E-state index contributed by atoms with van der Waals surface area (Å²) in [5.41, 5.74) is 14.3. The molecule has 5 nitrogen and oxygen atoms in total. The van der Waals surface area contributed by atoms with Crippen molar-refractivity contribution in [1.29, 1.82) is 0 Å². The van der Waals surface area contributed by atoms with E-state index in [1.165, 1.54) is 12.1 Å². The second-order valence-corrected chi connectivity index (χ2v) is 5.79. The standard InChI is InChI=1S/C16H17F3N5/c17-16(18,19)11-3-1-10(2-4-11)14-7-13(8-20)22-15(23-14)24-6-5-12(21)9-24/h1-4,7,12,20H,5-6,8-9,21H2/q-1/t12-/m1/s1. The van der Waals surface area contributed by atoms with Gasteiger partial charge in [-0.3, -0.25) is 0 Å². The van der Waals surface area contributed by atoms with E-state index in [9.17, 15) is 13.2 Å². The zero-order chi connectivity index (χ0) is 17.3. The predicted octanol–water partition coefficient (Wildman–Crippen LogP) is 3.25. The van der Waals surface area contributed by atoms with Gasteiger partial charge in [-0.15, -0.1) is 6.54 Å². The van der Waals surface area contributed by atoms with Crippen LogP contribution in [0.5, 0.6) is 0 Å². The van der Waals surface area contributed by atoms with Gasteiger partial charge in [-0.2, -0.15) is 13.2 Å². The molecule has 1 aromatic heterocycles. The number of benzene rings is 1. The van der Waals surface area contributed by atoms with Gasteiger partial charge < -0.3 is 16.4 Å². The van der Waals surface area contributed by atoms with Crippen LogP contribution < -0.4 is 10.6 Å². The molecule has 0 aliphatic carbocycles. The number of nitrogens with zero attached hydrogens (tertiary/aromatic N) is 3. The van der Waals surface area contributed by atoms with Crippen LogP contribution in [-0.2, 0) is 12.7 Å². The highest BCUT2D eigenvalue weighted by molar-refractivity contribution is 5.61. The van der Waals surface area contributed by atoms with E-state index < -0.39 is 11.7 Å². The lowest BCUT2D eigenvalue weighted by molar-refractivity contribution is -0.137. The molecular formula is C16H17F3N5-. The Balaban J connectivity index is 1.95. The summed E-state index contributed by atoms with van der Waals surface area (Å²) in [4.78, 5) is 10.7. The Morgan fingerprint density at radius 1 is 1.21 bits per heavy atom. The van der Waals surface area contributed by atoms with Crippen molar-refractivity contribution >= 4 is 5.95 Å². The van der Waals surface area contributed by atoms with Crippen LogP contribution in [0.15, 0.2) is 30.3 Å². The van der Waals surface area contributed by atoms with E-state index in [0.29, 0.717) is 29.4 Å². The molecule has 1 aliphatic heterocycles. The Labute approximate surface area is 137 Å². The molecule has 0 spiro atoms. The van der Waals surface area contributed by atoms with E-state index in [0.717, 1.165) is 25.1 Å². The van der Waals surface area contributed by atoms with E-state index >= 15 is 0 Å². The van der Waals surface area contributed by atoms with Crippen molar-refractivity contribution in [3.05, 3.63) is 47.3 Å². The van der Waals surface area contributed by atoms with Gasteiger partial charge in [0.25, 0.3) is 0 Å². The Bertz CT molecular complexity index is 715. The summed E-state index contributed by atoms with van der Waals surface area (Å²) in [7, 11) is 0. The molecule has 1 fully saturated rings. The third-order valence-corrected chi connectivity index (χ3v) is 3.96. The van der Waals surface area contributed by atoms with Crippen LogP contribution >= 0.6 is 0 Å². The summed E-state index contributed by atoms with van der Waals surface area (Å²) in [6.45, 7) is 1.34. The molecule has 0 unspecified atom stereocenters. The summed E-state index contributed by atoms with van der Waals surface area (Å²) < 4.78 is 38.0. The molecule has 0 radical (unpaired) electrons. The van der Waals surface area contributed by atoms with E-state index in [1.807, 2.05) is 4.90 Å². The number of aromatic nitrogens is 2. The van der Waals surface area contributed by atoms with Crippen molar-refractivity contribution in [1.82, 2.24) is 9.97 Å². The van der Waals surface area contributed by atoms with E-state index in [1.54, 1.807) is 6.07 Å². The monoisotopic (exact) mass is 336 g/mol. The summed E-state index contributed by atoms with van der Waals surface area (Å²) in [6, 6.07) is 6.53. The lowest BCUT2D eigenvalue weighted by Crippen LogP contribution is -2.27. The molecule has 1 aliphatic rings. The molecule has 0 bridgehead atoms. The Kier molecular flexibility index (Phi) is 4.42. The normalized spacial score (nSPS) is 18.2. The maximum atomic E-state index is 12.7. The maximum absolute atomic E-state index is 12.7.